The summed E-state index contributed by atoms with van der Waals surface area (Å²) in [5.74, 6) is 3.90. The topological polar surface area (TPSA) is 69.3 Å². The quantitative estimate of drug-likeness (QED) is 0.907. The number of H-pyrrole nitrogens is 1. The fourth-order valence-electron chi connectivity index (χ4n) is 2.15. The molecule has 0 bridgehead atoms. The van der Waals surface area contributed by atoms with Crippen molar-refractivity contribution >= 4 is 0 Å². The Hall–Kier alpha value is -2.24. The largest absolute Gasteiger partial charge is 0.493 e. The highest BCUT2D eigenvalue weighted by molar-refractivity contribution is 5.66. The summed E-state index contributed by atoms with van der Waals surface area (Å²) in [6.45, 7) is 0. The highest BCUT2D eigenvalue weighted by Gasteiger charge is 2.27. The van der Waals surface area contributed by atoms with Crippen LogP contribution in [-0.2, 0) is 0 Å². The van der Waals surface area contributed by atoms with Crippen molar-refractivity contribution in [1.82, 2.24) is 15.2 Å². The number of hydrogen-bond acceptors (Lipinski definition) is 5. The average molecular weight is 275 g/mol. The van der Waals surface area contributed by atoms with Gasteiger partial charge in [-0.25, -0.2) is 4.98 Å². The van der Waals surface area contributed by atoms with Crippen molar-refractivity contribution in [2.45, 2.75) is 18.8 Å². The summed E-state index contributed by atoms with van der Waals surface area (Å²) >= 11 is 0. The first-order valence-electron chi connectivity index (χ1n) is 6.49. The molecule has 1 heterocycles. The van der Waals surface area contributed by atoms with Gasteiger partial charge in [-0.1, -0.05) is 0 Å². The highest BCUT2D eigenvalue weighted by atomic mass is 16.5. The molecule has 1 aromatic carbocycles. The Morgan fingerprint density at radius 2 is 1.70 bits per heavy atom. The Labute approximate surface area is 117 Å². The van der Waals surface area contributed by atoms with Crippen LogP contribution in [0.1, 0.15) is 24.6 Å². The van der Waals surface area contributed by atoms with Crippen LogP contribution in [-0.4, -0.2) is 36.5 Å². The second kappa shape index (κ2) is 5.03. The summed E-state index contributed by atoms with van der Waals surface area (Å²) in [7, 11) is 4.77. The number of aromatic nitrogens is 3. The molecule has 1 fully saturated rings. The van der Waals surface area contributed by atoms with E-state index in [4.69, 9.17) is 14.2 Å². The van der Waals surface area contributed by atoms with Crippen molar-refractivity contribution in [3.8, 4) is 28.6 Å². The molecular weight excluding hydrogens is 258 g/mol. The third-order valence-electron chi connectivity index (χ3n) is 3.39. The number of rotatable bonds is 5. The van der Waals surface area contributed by atoms with Crippen LogP contribution in [0.4, 0.5) is 0 Å². The molecule has 0 unspecified atom stereocenters. The lowest BCUT2D eigenvalue weighted by Gasteiger charge is -2.12. The van der Waals surface area contributed by atoms with Crippen LogP contribution in [0.3, 0.4) is 0 Å². The van der Waals surface area contributed by atoms with Crippen molar-refractivity contribution in [1.29, 1.82) is 0 Å². The number of hydrogen-bond donors (Lipinski definition) is 1. The van der Waals surface area contributed by atoms with Gasteiger partial charge >= 0.3 is 0 Å². The van der Waals surface area contributed by atoms with E-state index >= 15 is 0 Å². The van der Waals surface area contributed by atoms with Crippen molar-refractivity contribution in [3.63, 3.8) is 0 Å². The average Bonchev–Trinajstić information content (AvgIpc) is 3.23. The van der Waals surface area contributed by atoms with Crippen molar-refractivity contribution < 1.29 is 14.2 Å². The van der Waals surface area contributed by atoms with Gasteiger partial charge in [-0.2, -0.15) is 5.10 Å². The van der Waals surface area contributed by atoms with Crippen LogP contribution in [0.5, 0.6) is 17.2 Å². The lowest BCUT2D eigenvalue weighted by molar-refractivity contribution is 0.324. The molecule has 0 radical (unpaired) electrons. The van der Waals surface area contributed by atoms with E-state index in [2.05, 4.69) is 15.2 Å². The van der Waals surface area contributed by atoms with Crippen molar-refractivity contribution in [3.05, 3.63) is 18.0 Å². The van der Waals surface area contributed by atoms with Crippen molar-refractivity contribution in [2.24, 2.45) is 0 Å². The van der Waals surface area contributed by atoms with Crippen LogP contribution in [0.15, 0.2) is 12.1 Å². The summed E-state index contributed by atoms with van der Waals surface area (Å²) < 4.78 is 16.0. The second-order valence-corrected chi connectivity index (χ2v) is 4.73. The van der Waals surface area contributed by atoms with Gasteiger partial charge in [-0.05, 0) is 25.0 Å². The minimum absolute atomic E-state index is 0.540. The van der Waals surface area contributed by atoms with Gasteiger partial charge in [-0.3, -0.25) is 5.10 Å². The van der Waals surface area contributed by atoms with Crippen LogP contribution in [0.2, 0.25) is 0 Å². The first kappa shape index (κ1) is 12.8. The molecule has 1 aromatic heterocycles. The van der Waals surface area contributed by atoms with Crippen LogP contribution >= 0.6 is 0 Å². The molecular formula is C14H17N3O3. The minimum atomic E-state index is 0.540. The van der Waals surface area contributed by atoms with E-state index in [1.165, 1.54) is 12.8 Å². The molecule has 6 heteroatoms. The van der Waals surface area contributed by atoms with Gasteiger partial charge in [0.25, 0.3) is 0 Å². The van der Waals surface area contributed by atoms with Gasteiger partial charge in [0, 0.05) is 11.5 Å². The highest BCUT2D eigenvalue weighted by Crippen LogP contribution is 2.42. The first-order valence-corrected chi connectivity index (χ1v) is 6.49. The van der Waals surface area contributed by atoms with Gasteiger partial charge in [0.15, 0.2) is 17.3 Å². The molecule has 0 atom stereocenters. The van der Waals surface area contributed by atoms with E-state index in [0.29, 0.717) is 29.0 Å². The molecule has 0 saturated heterocycles. The van der Waals surface area contributed by atoms with E-state index in [1.807, 2.05) is 12.1 Å². The fourth-order valence-corrected chi connectivity index (χ4v) is 2.15. The van der Waals surface area contributed by atoms with Gasteiger partial charge < -0.3 is 14.2 Å². The molecule has 20 heavy (non-hydrogen) atoms. The molecule has 0 amide bonds. The molecule has 6 nitrogen and oxygen atoms in total. The summed E-state index contributed by atoms with van der Waals surface area (Å²) in [5, 5.41) is 7.26. The molecule has 1 aliphatic carbocycles. The van der Waals surface area contributed by atoms with Gasteiger partial charge in [-0.15, -0.1) is 0 Å². The Kier molecular flexibility index (Phi) is 3.22. The van der Waals surface area contributed by atoms with E-state index in [-0.39, 0.29) is 0 Å². The number of benzene rings is 1. The maximum atomic E-state index is 5.34. The third-order valence-corrected chi connectivity index (χ3v) is 3.39. The predicted octanol–water partition coefficient (Wildman–Crippen LogP) is 2.37. The Balaban J connectivity index is 2.03. The number of nitrogens with one attached hydrogen (secondary N) is 1. The minimum Gasteiger partial charge on any atom is -0.493 e. The normalized spacial score (nSPS) is 14.2. The summed E-state index contributed by atoms with van der Waals surface area (Å²) in [4.78, 5) is 4.53. The zero-order chi connectivity index (χ0) is 14.1. The van der Waals surface area contributed by atoms with Gasteiger partial charge in [0.05, 0.1) is 21.3 Å². The van der Waals surface area contributed by atoms with Gasteiger partial charge in [0.1, 0.15) is 5.82 Å². The maximum absolute atomic E-state index is 5.34. The SMILES string of the molecule is COc1cc(-c2n[nH]c(C3CC3)n2)cc(OC)c1OC. The smallest absolute Gasteiger partial charge is 0.203 e. The summed E-state index contributed by atoms with van der Waals surface area (Å²) in [6.07, 6.45) is 2.37. The van der Waals surface area contributed by atoms with Crippen LogP contribution in [0, 0.1) is 0 Å². The molecule has 2 aromatic rings. The third kappa shape index (κ3) is 2.17. The van der Waals surface area contributed by atoms with E-state index < -0.39 is 0 Å². The lowest BCUT2D eigenvalue weighted by atomic mass is 10.1. The predicted molar refractivity (Wildman–Crippen MR) is 73.4 cm³/mol. The van der Waals surface area contributed by atoms with Gasteiger partial charge in [0.2, 0.25) is 5.75 Å². The molecule has 3 rings (SSSR count). The maximum Gasteiger partial charge on any atom is 0.203 e. The van der Waals surface area contributed by atoms with E-state index in [0.717, 1.165) is 11.4 Å². The van der Waals surface area contributed by atoms with Crippen LogP contribution < -0.4 is 14.2 Å². The Bertz CT molecular complexity index is 595. The molecule has 1 saturated carbocycles. The molecule has 1 aliphatic rings. The number of aromatic amines is 1. The zero-order valence-electron chi connectivity index (χ0n) is 11.8. The lowest BCUT2D eigenvalue weighted by Crippen LogP contribution is -1.96. The number of ether oxygens (including phenoxy) is 3. The second-order valence-electron chi connectivity index (χ2n) is 4.73. The van der Waals surface area contributed by atoms with Crippen LogP contribution in [0.25, 0.3) is 11.4 Å². The fraction of sp³-hybridized carbons (Fsp3) is 0.429. The summed E-state index contributed by atoms with van der Waals surface area (Å²) in [5.41, 5.74) is 0.836. The Morgan fingerprint density at radius 3 is 2.20 bits per heavy atom. The van der Waals surface area contributed by atoms with Crippen molar-refractivity contribution in [2.75, 3.05) is 21.3 Å². The summed E-state index contributed by atoms with van der Waals surface area (Å²) in [6, 6.07) is 3.70. The molecule has 0 spiro atoms. The monoisotopic (exact) mass is 275 g/mol. The van der Waals surface area contributed by atoms with E-state index in [9.17, 15) is 0 Å². The molecule has 0 aliphatic heterocycles. The molecule has 106 valence electrons. The standard InChI is InChI=1S/C14H17N3O3/c1-18-10-6-9(7-11(19-2)12(10)20-3)14-15-13(16-17-14)8-4-5-8/h6-8H,4-5H2,1-3H3,(H,15,16,17). The Morgan fingerprint density at radius 1 is 1.05 bits per heavy atom. The molecule has 1 N–H and O–H groups in total. The van der Waals surface area contributed by atoms with E-state index in [1.54, 1.807) is 21.3 Å². The zero-order valence-corrected chi connectivity index (χ0v) is 11.8. The first-order chi connectivity index (χ1) is 9.76. The number of methoxy groups -OCH3 is 3. The number of nitrogens with zero attached hydrogens (tertiary/aromatic N) is 2.